The van der Waals surface area contributed by atoms with Crippen LogP contribution in [0, 0.1) is 0 Å². The van der Waals surface area contributed by atoms with E-state index < -0.39 is 0 Å². The number of ether oxygens (including phenoxy) is 1. The van der Waals surface area contributed by atoms with Crippen molar-refractivity contribution in [1.82, 2.24) is 20.0 Å². The second-order valence-electron chi connectivity index (χ2n) is 8.92. The molecule has 0 bridgehead atoms. The zero-order valence-corrected chi connectivity index (χ0v) is 17.8. The van der Waals surface area contributed by atoms with Crippen molar-refractivity contribution in [3.63, 3.8) is 0 Å². The van der Waals surface area contributed by atoms with Crippen molar-refractivity contribution in [3.05, 3.63) is 29.8 Å². The molecule has 164 valence electrons. The molecule has 1 spiro atoms. The Morgan fingerprint density at radius 2 is 1.93 bits per heavy atom. The van der Waals surface area contributed by atoms with Crippen molar-refractivity contribution < 1.29 is 19.4 Å². The summed E-state index contributed by atoms with van der Waals surface area (Å²) in [5, 5.41) is 13.0. The molecule has 2 N–H and O–H groups in total. The summed E-state index contributed by atoms with van der Waals surface area (Å²) in [6, 6.07) is 8.35. The third kappa shape index (κ3) is 4.31. The lowest BCUT2D eigenvalue weighted by atomic mass is 9.83. The highest BCUT2D eigenvalue weighted by Gasteiger charge is 2.56. The fourth-order valence-corrected chi connectivity index (χ4v) is 5.27. The van der Waals surface area contributed by atoms with Crippen LogP contribution in [-0.4, -0.2) is 95.7 Å². The molecule has 1 aromatic carbocycles. The van der Waals surface area contributed by atoms with Crippen molar-refractivity contribution >= 4 is 11.8 Å². The van der Waals surface area contributed by atoms with Crippen molar-refractivity contribution in [2.45, 2.75) is 44.0 Å². The molecule has 0 radical (unpaired) electrons. The first kappa shape index (κ1) is 21.1. The summed E-state index contributed by atoms with van der Waals surface area (Å²) in [6.07, 6.45) is 0.716. The number of hydrogen-bond donors (Lipinski definition) is 2. The number of rotatable bonds is 6. The van der Waals surface area contributed by atoms with Gasteiger partial charge in [0.2, 0.25) is 11.8 Å². The van der Waals surface area contributed by atoms with E-state index in [0.717, 1.165) is 31.8 Å². The number of nitrogens with one attached hydrogen (secondary N) is 1. The average Bonchev–Trinajstić information content (AvgIpc) is 3.07. The van der Waals surface area contributed by atoms with Crippen molar-refractivity contribution in [2.24, 2.45) is 0 Å². The van der Waals surface area contributed by atoms with Crippen LogP contribution in [0.3, 0.4) is 0 Å². The molecule has 1 aromatic rings. The number of aliphatic hydroxyl groups is 1. The van der Waals surface area contributed by atoms with E-state index in [-0.39, 0.29) is 29.5 Å². The zero-order valence-electron chi connectivity index (χ0n) is 17.8. The van der Waals surface area contributed by atoms with Gasteiger partial charge in [-0.05, 0) is 24.1 Å². The van der Waals surface area contributed by atoms with E-state index >= 15 is 0 Å². The normalized spacial score (nSPS) is 25.6. The highest BCUT2D eigenvalue weighted by atomic mass is 16.5. The maximum atomic E-state index is 12.8. The Morgan fingerprint density at radius 1 is 1.20 bits per heavy atom. The van der Waals surface area contributed by atoms with E-state index in [9.17, 15) is 14.7 Å². The third-order valence-corrected chi connectivity index (χ3v) is 6.58. The Kier molecular flexibility index (Phi) is 5.99. The van der Waals surface area contributed by atoms with E-state index in [2.05, 4.69) is 27.2 Å². The zero-order chi connectivity index (χ0) is 21.3. The topological polar surface area (TPSA) is 85.3 Å². The van der Waals surface area contributed by atoms with Crippen molar-refractivity contribution in [2.75, 3.05) is 46.4 Å². The second-order valence-corrected chi connectivity index (χ2v) is 8.92. The number of methoxy groups -OCH3 is 1. The molecule has 0 saturated carbocycles. The minimum absolute atomic E-state index is 0.0813. The molecule has 4 rings (SSSR count). The predicted octanol–water partition coefficient (Wildman–Crippen LogP) is 0.0532. The number of carbonyl (C=O) groups is 2. The van der Waals surface area contributed by atoms with Crippen LogP contribution in [0.25, 0.3) is 0 Å². The van der Waals surface area contributed by atoms with Gasteiger partial charge in [-0.3, -0.25) is 19.4 Å². The maximum Gasteiger partial charge on any atom is 0.224 e. The SMILES string of the molecule is COc1ccc(CN2CC3(C2)CN(C(=O)CCNC(C)=O)CC2CC(O)CN23)cc1. The Morgan fingerprint density at radius 3 is 2.60 bits per heavy atom. The number of aliphatic hydroxyl groups excluding tert-OH is 1. The van der Waals surface area contributed by atoms with E-state index in [1.54, 1.807) is 7.11 Å². The van der Waals surface area contributed by atoms with Crippen molar-refractivity contribution in [1.29, 1.82) is 0 Å². The highest BCUT2D eigenvalue weighted by molar-refractivity contribution is 5.78. The molecule has 2 unspecified atom stereocenters. The summed E-state index contributed by atoms with van der Waals surface area (Å²) < 4.78 is 5.23. The minimum Gasteiger partial charge on any atom is -0.497 e. The van der Waals surface area contributed by atoms with Gasteiger partial charge in [0.1, 0.15) is 5.75 Å². The Hall–Kier alpha value is -2.16. The van der Waals surface area contributed by atoms with Crippen LogP contribution >= 0.6 is 0 Å². The van der Waals surface area contributed by atoms with Gasteiger partial charge in [-0.2, -0.15) is 0 Å². The van der Waals surface area contributed by atoms with Gasteiger partial charge in [0.15, 0.2) is 0 Å². The summed E-state index contributed by atoms with van der Waals surface area (Å²) in [5.74, 6) is 0.822. The number of hydrogen-bond acceptors (Lipinski definition) is 6. The van der Waals surface area contributed by atoms with E-state index in [1.165, 1.54) is 12.5 Å². The van der Waals surface area contributed by atoms with Gasteiger partial charge < -0.3 is 20.1 Å². The number of β-amino-alcohol motifs (C(OH)–C–C–N with tert-alkyl or cyclic N) is 1. The molecule has 8 nitrogen and oxygen atoms in total. The summed E-state index contributed by atoms with van der Waals surface area (Å²) in [4.78, 5) is 30.7. The first-order valence-electron chi connectivity index (χ1n) is 10.7. The smallest absolute Gasteiger partial charge is 0.224 e. The molecule has 0 aliphatic carbocycles. The second kappa shape index (κ2) is 8.53. The van der Waals surface area contributed by atoms with Gasteiger partial charge in [-0.15, -0.1) is 0 Å². The predicted molar refractivity (Wildman–Crippen MR) is 112 cm³/mol. The lowest BCUT2D eigenvalue weighted by molar-refractivity contribution is -0.151. The molecule has 3 saturated heterocycles. The molecular formula is C22H32N4O4. The lowest BCUT2D eigenvalue weighted by Gasteiger charge is -2.61. The summed E-state index contributed by atoms with van der Waals surface area (Å²) in [6.45, 7) is 6.51. The average molecular weight is 417 g/mol. The van der Waals surface area contributed by atoms with E-state index in [4.69, 9.17) is 4.74 Å². The Labute approximate surface area is 177 Å². The molecule has 2 atom stereocenters. The van der Waals surface area contributed by atoms with E-state index in [1.807, 2.05) is 17.0 Å². The Balaban J connectivity index is 1.39. The standard InChI is InChI=1S/C22H32N4O4/c1-16(27)23-8-7-21(29)25-11-18-9-19(28)12-26(18)22(15-25)13-24(14-22)10-17-3-5-20(30-2)6-4-17/h3-6,18-19,28H,7-15H2,1-2H3,(H,23,27). The Bertz CT molecular complexity index is 778. The monoisotopic (exact) mass is 416 g/mol. The van der Waals surface area contributed by atoms with Crippen LogP contribution in [0.15, 0.2) is 24.3 Å². The molecule has 3 aliphatic rings. The van der Waals surface area contributed by atoms with Crippen molar-refractivity contribution in [3.8, 4) is 5.75 Å². The van der Waals surface area contributed by atoms with E-state index in [0.29, 0.717) is 32.6 Å². The maximum absolute atomic E-state index is 12.8. The highest BCUT2D eigenvalue weighted by Crippen LogP contribution is 2.39. The number of piperazine rings is 1. The minimum atomic E-state index is -0.322. The van der Waals surface area contributed by atoms with Gasteiger partial charge in [0.25, 0.3) is 0 Å². The number of fused-ring (bicyclic) bond motifs is 2. The van der Waals surface area contributed by atoms with Crippen LogP contribution in [0.5, 0.6) is 5.75 Å². The number of amides is 2. The summed E-state index contributed by atoms with van der Waals surface area (Å²) >= 11 is 0. The number of benzene rings is 1. The fraction of sp³-hybridized carbons (Fsp3) is 0.636. The summed E-state index contributed by atoms with van der Waals surface area (Å²) in [7, 11) is 1.67. The number of nitrogens with zero attached hydrogens (tertiary/aromatic N) is 3. The quantitative estimate of drug-likeness (QED) is 0.682. The van der Waals surface area contributed by atoms with Crippen LogP contribution in [-0.2, 0) is 16.1 Å². The molecule has 30 heavy (non-hydrogen) atoms. The third-order valence-electron chi connectivity index (χ3n) is 6.58. The first-order chi connectivity index (χ1) is 14.4. The summed E-state index contributed by atoms with van der Waals surface area (Å²) in [5.41, 5.74) is 1.15. The van der Waals surface area contributed by atoms with Gasteiger partial charge >= 0.3 is 0 Å². The van der Waals surface area contributed by atoms with Crippen LogP contribution in [0.1, 0.15) is 25.3 Å². The lowest BCUT2D eigenvalue weighted by Crippen LogP contribution is -2.78. The fourth-order valence-electron chi connectivity index (χ4n) is 5.27. The molecule has 3 fully saturated rings. The molecule has 3 aliphatic heterocycles. The van der Waals surface area contributed by atoms with Gasteiger partial charge in [0.05, 0.1) is 18.8 Å². The molecule has 0 aromatic heterocycles. The molecule has 3 heterocycles. The van der Waals surface area contributed by atoms with Crippen LogP contribution in [0.2, 0.25) is 0 Å². The van der Waals surface area contributed by atoms with Gasteiger partial charge in [-0.1, -0.05) is 12.1 Å². The van der Waals surface area contributed by atoms with Crippen LogP contribution in [0.4, 0.5) is 0 Å². The number of carbonyl (C=O) groups excluding carboxylic acids is 2. The van der Waals surface area contributed by atoms with Gasteiger partial charge in [-0.25, -0.2) is 0 Å². The first-order valence-corrected chi connectivity index (χ1v) is 10.7. The molecular weight excluding hydrogens is 384 g/mol. The molecule has 8 heteroatoms. The van der Waals surface area contributed by atoms with Gasteiger partial charge in [0, 0.05) is 65.2 Å². The largest absolute Gasteiger partial charge is 0.497 e. The number of likely N-dealkylation sites (tertiary alicyclic amines) is 1. The molecule has 2 amide bonds. The van der Waals surface area contributed by atoms with Crippen LogP contribution < -0.4 is 10.1 Å².